The van der Waals surface area contributed by atoms with Gasteiger partial charge >= 0.3 is 6.18 Å². The average Bonchev–Trinajstić information content (AvgIpc) is 3.97. The van der Waals surface area contributed by atoms with Crippen LogP contribution in [0.4, 0.5) is 13.2 Å². The Morgan fingerprint density at radius 3 is 2.27 bits per heavy atom. The van der Waals surface area contributed by atoms with E-state index in [0.29, 0.717) is 46.9 Å². The summed E-state index contributed by atoms with van der Waals surface area (Å²) in [5.41, 5.74) is 0.711. The Balaban J connectivity index is 0.000000231. The van der Waals surface area contributed by atoms with Crippen LogP contribution in [0, 0.1) is 24.7 Å². The van der Waals surface area contributed by atoms with Crippen molar-refractivity contribution in [2.75, 3.05) is 13.6 Å². The molecule has 3 saturated carbocycles. The van der Waals surface area contributed by atoms with Crippen LogP contribution in [0.15, 0.2) is 35.0 Å². The Morgan fingerprint density at radius 2 is 1.73 bits per heavy atom. The van der Waals surface area contributed by atoms with Crippen molar-refractivity contribution >= 4 is 62.2 Å². The molecule has 3 aliphatic rings. The number of allylic oxidation sites excluding steroid dienone is 1. The lowest BCUT2D eigenvalue weighted by molar-refractivity contribution is -0.140. The lowest BCUT2D eigenvalue weighted by Crippen LogP contribution is -2.31. The molecule has 4 unspecified atom stereocenters. The third-order valence-corrected chi connectivity index (χ3v) is 13.5. The fraction of sp³-hybridized carbons (Fsp3) is 0.568. The second-order valence-electron chi connectivity index (χ2n) is 14.4. The van der Waals surface area contributed by atoms with Crippen LogP contribution in [0.3, 0.4) is 0 Å². The molecule has 0 saturated heterocycles. The fourth-order valence-corrected chi connectivity index (χ4v) is 8.48. The third kappa shape index (κ3) is 14.1. The van der Waals surface area contributed by atoms with Crippen molar-refractivity contribution in [1.29, 1.82) is 0 Å². The highest BCUT2D eigenvalue weighted by molar-refractivity contribution is 7.85. The molecule has 6 rings (SSSR count). The van der Waals surface area contributed by atoms with Gasteiger partial charge in [-0.15, -0.1) is 22.7 Å². The van der Waals surface area contributed by atoms with E-state index >= 15 is 0 Å². The topological polar surface area (TPSA) is 143 Å². The zero-order chi connectivity index (χ0) is 40.2. The first-order valence-corrected chi connectivity index (χ1v) is 21.7. The van der Waals surface area contributed by atoms with Gasteiger partial charge in [0.2, 0.25) is 12.8 Å². The predicted molar refractivity (Wildman–Crippen MR) is 215 cm³/mol. The van der Waals surface area contributed by atoms with Gasteiger partial charge in [-0.25, -0.2) is 19.2 Å². The van der Waals surface area contributed by atoms with Crippen LogP contribution in [0.5, 0.6) is 5.75 Å². The number of hydrogen-bond donors (Lipinski definition) is 2. The van der Waals surface area contributed by atoms with E-state index in [0.717, 1.165) is 86.1 Å². The number of aldehydes is 1. The minimum Gasteiger partial charge on any atom is -0.490 e. The summed E-state index contributed by atoms with van der Waals surface area (Å²) < 4.78 is 58.2. The van der Waals surface area contributed by atoms with Crippen LogP contribution in [0.2, 0.25) is 0 Å². The van der Waals surface area contributed by atoms with Gasteiger partial charge in [-0.3, -0.25) is 19.4 Å². The highest BCUT2D eigenvalue weighted by Gasteiger charge is 2.44. The van der Waals surface area contributed by atoms with Gasteiger partial charge in [-0.05, 0) is 83.5 Å². The summed E-state index contributed by atoms with van der Waals surface area (Å²) in [6.07, 6.45) is 11.2. The standard InChI is InChI=1S/C21H20F3N3O2S2.C11H21N2OP.C5H9NO2S/c1-11-3-4-14(5-13(11)8-28)29-15-6-16(19-25-12(2)9-30-19)26-17(7-15)20-27-18(10-31-20)21(22,23)24;1-13(9-14)7-5-3-2-4-6-10-8-11(10)12-15;1-5(2-3-5)9(8)6-4-7/h6-11,13-14H,3-5H2,1-2H3;4,6,9-12H,2-3,5,7-8,15H2,1H3;4H,2-3H2,1H3,(H,6,7)/b;6-4-;/t11-,13?,14+;10-,11?;/m11./s1. The number of unbranched alkanes of at least 4 members (excludes halogenated alkanes) is 2. The van der Waals surface area contributed by atoms with Crippen molar-refractivity contribution in [3.05, 3.63) is 46.4 Å². The Kier molecular flexibility index (Phi) is 16.9. The molecule has 3 heterocycles. The fourth-order valence-electron chi connectivity index (χ4n) is 5.71. The van der Waals surface area contributed by atoms with Crippen LogP contribution in [-0.4, -0.2) is 73.7 Å². The van der Waals surface area contributed by atoms with E-state index < -0.39 is 22.9 Å². The van der Waals surface area contributed by atoms with Gasteiger partial charge in [0.25, 0.3) is 0 Å². The smallest absolute Gasteiger partial charge is 0.434 e. The maximum Gasteiger partial charge on any atom is 0.434 e. The number of ether oxygens (including phenoxy) is 1. The SMILES string of the molecule is CC1(S(=O)NC=O)CC1.CN(C=O)CCCC/C=C\[C@@H]1CC1NP.Cc1csc(-c2cc(O[C@H]3CC[C@@H](C)C(C=O)C3)cc(-c3nc(C(F)(F)F)cs3)n2)n1. The van der Waals surface area contributed by atoms with Crippen LogP contribution < -0.4 is 14.5 Å². The van der Waals surface area contributed by atoms with E-state index in [1.807, 2.05) is 26.3 Å². The van der Waals surface area contributed by atoms with Crippen molar-refractivity contribution in [3.63, 3.8) is 0 Å². The van der Waals surface area contributed by atoms with Crippen LogP contribution >= 0.6 is 32.1 Å². The Morgan fingerprint density at radius 1 is 1.04 bits per heavy atom. The summed E-state index contributed by atoms with van der Waals surface area (Å²) >= 11 is 2.29. The minimum absolute atomic E-state index is 0.0607. The van der Waals surface area contributed by atoms with Crippen molar-refractivity contribution < 1.29 is 36.5 Å². The van der Waals surface area contributed by atoms with E-state index in [9.17, 15) is 31.8 Å². The maximum atomic E-state index is 13.0. The lowest BCUT2D eigenvalue weighted by Gasteiger charge is -2.31. The molecular weight excluding hydrogens is 793 g/mol. The van der Waals surface area contributed by atoms with Gasteiger partial charge in [0.1, 0.15) is 44.4 Å². The Bertz CT molecular complexity index is 1770. The molecule has 2 amide bonds. The average molecular weight is 843 g/mol. The molecule has 3 aliphatic carbocycles. The summed E-state index contributed by atoms with van der Waals surface area (Å²) in [6.45, 7) is 6.69. The number of aryl methyl sites for hydroxylation is 1. The minimum atomic E-state index is -4.51. The monoisotopic (exact) mass is 842 g/mol. The number of halogens is 3. The highest BCUT2D eigenvalue weighted by Crippen LogP contribution is 2.40. The number of aromatic nitrogens is 3. The van der Waals surface area contributed by atoms with Gasteiger partial charge in [0.15, 0.2) is 5.69 Å². The number of nitrogens with zero attached hydrogens (tertiary/aromatic N) is 4. The number of amides is 2. The number of carbonyl (C=O) groups excluding carboxylic acids is 3. The first-order valence-electron chi connectivity index (χ1n) is 18.2. The summed E-state index contributed by atoms with van der Waals surface area (Å²) in [4.78, 5) is 45.8. The van der Waals surface area contributed by atoms with E-state index in [1.165, 1.54) is 24.2 Å². The second kappa shape index (κ2) is 20.9. The first-order chi connectivity index (χ1) is 26.2. The first kappa shape index (κ1) is 44.6. The van der Waals surface area contributed by atoms with Crippen molar-refractivity contribution in [2.45, 2.75) is 102 Å². The lowest BCUT2D eigenvalue weighted by atomic mass is 9.80. The largest absolute Gasteiger partial charge is 0.490 e. The summed E-state index contributed by atoms with van der Waals surface area (Å²) in [7, 11) is 3.25. The normalized spacial score (nSPS) is 22.9. The van der Waals surface area contributed by atoms with Gasteiger partial charge < -0.3 is 14.4 Å². The van der Waals surface area contributed by atoms with E-state index in [1.54, 1.807) is 17.0 Å². The molecule has 7 atom stereocenters. The molecule has 0 bridgehead atoms. The number of nitrogens with one attached hydrogen (secondary N) is 2. The molecule has 302 valence electrons. The summed E-state index contributed by atoms with van der Waals surface area (Å²) in [5, 5.41) is 6.86. The van der Waals surface area contributed by atoms with Crippen molar-refractivity contribution in [3.8, 4) is 27.2 Å². The third-order valence-electron chi connectivity index (χ3n) is 9.64. The van der Waals surface area contributed by atoms with Crippen molar-refractivity contribution in [1.82, 2.24) is 29.7 Å². The molecule has 0 spiro atoms. The Labute approximate surface area is 333 Å². The molecule has 0 radical (unpaired) electrons. The van der Waals surface area contributed by atoms with Crippen molar-refractivity contribution in [2.24, 2.45) is 17.8 Å². The number of thiazole rings is 2. The van der Waals surface area contributed by atoms with Crippen LogP contribution in [0.1, 0.15) is 83.0 Å². The molecule has 3 aromatic heterocycles. The van der Waals surface area contributed by atoms with Gasteiger partial charge in [-0.1, -0.05) is 28.5 Å². The number of alkyl halides is 3. The molecule has 18 heteroatoms. The number of pyridine rings is 1. The molecule has 0 aromatic carbocycles. The van der Waals surface area contributed by atoms with Crippen LogP contribution in [0.25, 0.3) is 21.4 Å². The zero-order valence-corrected chi connectivity index (χ0v) is 35.0. The summed E-state index contributed by atoms with van der Waals surface area (Å²) in [5.74, 6) is 1.49. The molecule has 3 fully saturated rings. The maximum absolute atomic E-state index is 13.0. The molecule has 55 heavy (non-hydrogen) atoms. The van der Waals surface area contributed by atoms with Gasteiger partial charge in [-0.2, -0.15) is 13.2 Å². The van der Waals surface area contributed by atoms with Crippen LogP contribution in [-0.2, 0) is 31.5 Å². The van der Waals surface area contributed by atoms with E-state index in [2.05, 4.69) is 53.2 Å². The number of carbonyl (C=O) groups is 3. The molecule has 3 aromatic rings. The molecule has 0 aliphatic heterocycles. The number of rotatable bonds is 16. The highest BCUT2D eigenvalue weighted by atomic mass is 32.2. The van der Waals surface area contributed by atoms with E-state index in [4.69, 9.17) is 4.74 Å². The predicted octanol–water partition coefficient (Wildman–Crippen LogP) is 7.56. The Hall–Kier alpha value is -3.11. The molecular formula is C37H50F3N6O5PS3. The quantitative estimate of drug-likeness (QED) is 0.0647. The molecule has 11 nitrogen and oxygen atoms in total. The van der Waals surface area contributed by atoms with Gasteiger partial charge in [0, 0.05) is 54.1 Å². The van der Waals surface area contributed by atoms with Gasteiger partial charge in [0.05, 0.1) is 10.9 Å². The number of hydrogen-bond acceptors (Lipinski definition) is 11. The molecule has 2 N–H and O–H groups in total. The second-order valence-corrected chi connectivity index (χ2v) is 18.2. The van der Waals surface area contributed by atoms with E-state index in [-0.39, 0.29) is 21.8 Å². The summed E-state index contributed by atoms with van der Waals surface area (Å²) in [6, 6.07) is 4.04. The zero-order valence-electron chi connectivity index (χ0n) is 31.4.